The molecule has 0 aliphatic heterocycles. The third kappa shape index (κ3) is 2.73. The summed E-state index contributed by atoms with van der Waals surface area (Å²) in [5.74, 6) is 0. The van der Waals surface area contributed by atoms with Crippen molar-refractivity contribution >= 4 is 22.3 Å². The normalized spacial score (nSPS) is 10.8. The Morgan fingerprint density at radius 2 is 2.35 bits per heavy atom. The van der Waals surface area contributed by atoms with Crippen LogP contribution in [0.15, 0.2) is 6.20 Å². The zero-order valence-electron chi connectivity index (χ0n) is 10.1. The molecular weight excluding hydrogens is 238 g/mol. The molecule has 17 heavy (non-hydrogen) atoms. The van der Waals surface area contributed by atoms with Crippen molar-refractivity contribution in [2.45, 2.75) is 13.3 Å². The van der Waals surface area contributed by atoms with Gasteiger partial charge in [-0.25, -0.2) is 14.3 Å². The Morgan fingerprint density at radius 3 is 3.00 bits per heavy atom. The van der Waals surface area contributed by atoms with Gasteiger partial charge in [-0.15, -0.1) is 0 Å². The van der Waals surface area contributed by atoms with Crippen LogP contribution in [0.4, 0.5) is 4.79 Å². The Bertz CT molecular complexity index is 498. The Kier molecular flexibility index (Phi) is 3.28. The van der Waals surface area contributed by atoms with Crippen molar-refractivity contribution in [1.29, 1.82) is 0 Å². The molecule has 0 aromatic carbocycles. The van der Waals surface area contributed by atoms with E-state index >= 15 is 0 Å². The number of nitrogens with zero attached hydrogens (tertiary/aromatic N) is 4. The molecule has 0 saturated heterocycles. The molecule has 0 saturated carbocycles. The molecule has 0 aliphatic carbocycles. The van der Waals surface area contributed by atoms with Crippen LogP contribution in [-0.2, 0) is 6.42 Å². The van der Waals surface area contributed by atoms with Gasteiger partial charge in [0.15, 0.2) is 0 Å². The van der Waals surface area contributed by atoms with Gasteiger partial charge in [0.1, 0.15) is 5.01 Å². The summed E-state index contributed by atoms with van der Waals surface area (Å²) in [5.41, 5.74) is 0.947. The fraction of sp³-hybridized carbons (Fsp3) is 0.500. The Labute approximate surface area is 103 Å². The van der Waals surface area contributed by atoms with Gasteiger partial charge in [0.25, 0.3) is 0 Å². The van der Waals surface area contributed by atoms with E-state index in [4.69, 9.17) is 0 Å². The summed E-state index contributed by atoms with van der Waals surface area (Å²) in [7, 11) is 3.43. The van der Waals surface area contributed by atoms with Crippen molar-refractivity contribution in [3.63, 3.8) is 0 Å². The molecule has 0 spiro atoms. The quantitative estimate of drug-likeness (QED) is 0.884. The number of hydrogen-bond acceptors (Lipinski definition) is 4. The van der Waals surface area contributed by atoms with Crippen LogP contribution in [0, 0.1) is 6.92 Å². The summed E-state index contributed by atoms with van der Waals surface area (Å²) in [6, 6.07) is -0.0833. The number of carbonyl (C=O) groups excluding carboxylic acids is 1. The smallest absolute Gasteiger partial charge is 0.316 e. The lowest BCUT2D eigenvalue weighted by atomic mass is 10.3. The second-order valence-electron chi connectivity index (χ2n) is 3.96. The summed E-state index contributed by atoms with van der Waals surface area (Å²) in [5, 5.41) is 8.08. The van der Waals surface area contributed by atoms with Crippen molar-refractivity contribution in [2.75, 3.05) is 20.6 Å². The predicted molar refractivity (Wildman–Crippen MR) is 66.4 cm³/mol. The van der Waals surface area contributed by atoms with Gasteiger partial charge in [0, 0.05) is 27.1 Å². The number of imidazole rings is 1. The van der Waals surface area contributed by atoms with E-state index in [-0.39, 0.29) is 6.03 Å². The van der Waals surface area contributed by atoms with Gasteiger partial charge in [-0.2, -0.15) is 5.10 Å². The highest BCUT2D eigenvalue weighted by molar-refractivity contribution is 7.16. The van der Waals surface area contributed by atoms with Crippen LogP contribution in [-0.4, -0.2) is 46.2 Å². The first-order valence-electron chi connectivity index (χ1n) is 5.33. The van der Waals surface area contributed by atoms with Crippen molar-refractivity contribution in [3.05, 3.63) is 16.9 Å². The van der Waals surface area contributed by atoms with Gasteiger partial charge in [0.2, 0.25) is 4.96 Å². The lowest BCUT2D eigenvalue weighted by molar-refractivity contribution is 0.217. The fourth-order valence-electron chi connectivity index (χ4n) is 1.42. The SMILES string of the molecule is Cc1nn2cc(CCNC(=O)N(C)C)nc2s1. The molecule has 2 amide bonds. The first-order valence-corrected chi connectivity index (χ1v) is 6.15. The van der Waals surface area contributed by atoms with Crippen LogP contribution in [0.3, 0.4) is 0 Å². The summed E-state index contributed by atoms with van der Waals surface area (Å²) in [4.78, 5) is 18.1. The van der Waals surface area contributed by atoms with E-state index in [0.29, 0.717) is 13.0 Å². The van der Waals surface area contributed by atoms with Gasteiger partial charge in [-0.05, 0) is 6.92 Å². The van der Waals surface area contributed by atoms with Gasteiger partial charge < -0.3 is 10.2 Å². The molecule has 2 aromatic rings. The molecule has 6 nitrogen and oxygen atoms in total. The number of urea groups is 1. The largest absolute Gasteiger partial charge is 0.338 e. The van der Waals surface area contributed by atoms with Crippen molar-refractivity contribution < 1.29 is 4.79 Å². The molecule has 0 atom stereocenters. The molecule has 2 aromatic heterocycles. The van der Waals surface area contributed by atoms with Gasteiger partial charge in [-0.3, -0.25) is 0 Å². The van der Waals surface area contributed by atoms with E-state index in [2.05, 4.69) is 15.4 Å². The molecule has 1 N–H and O–H groups in total. The number of aromatic nitrogens is 3. The average Bonchev–Trinajstić information content (AvgIpc) is 2.74. The molecule has 0 unspecified atom stereocenters. The molecule has 92 valence electrons. The number of amides is 2. The first-order chi connectivity index (χ1) is 8.06. The van der Waals surface area contributed by atoms with Crippen LogP contribution in [0.1, 0.15) is 10.7 Å². The zero-order valence-corrected chi connectivity index (χ0v) is 10.9. The van der Waals surface area contributed by atoms with Crippen LogP contribution < -0.4 is 5.32 Å². The van der Waals surface area contributed by atoms with E-state index < -0.39 is 0 Å². The number of rotatable bonds is 3. The van der Waals surface area contributed by atoms with Crippen molar-refractivity contribution in [2.24, 2.45) is 0 Å². The highest BCUT2D eigenvalue weighted by Gasteiger charge is 2.07. The molecule has 0 aliphatic rings. The lowest BCUT2D eigenvalue weighted by Gasteiger charge is -2.10. The maximum Gasteiger partial charge on any atom is 0.316 e. The minimum Gasteiger partial charge on any atom is -0.338 e. The van der Waals surface area contributed by atoms with E-state index in [0.717, 1.165) is 15.7 Å². The number of nitrogens with one attached hydrogen (secondary N) is 1. The van der Waals surface area contributed by atoms with Crippen LogP contribution in [0.2, 0.25) is 0 Å². The number of aryl methyl sites for hydroxylation is 1. The van der Waals surface area contributed by atoms with E-state index in [1.807, 2.05) is 13.1 Å². The summed E-state index contributed by atoms with van der Waals surface area (Å²) in [6.07, 6.45) is 2.62. The van der Waals surface area contributed by atoms with E-state index in [9.17, 15) is 4.79 Å². The summed E-state index contributed by atoms with van der Waals surface area (Å²) in [6.45, 7) is 2.54. The zero-order chi connectivity index (χ0) is 12.4. The van der Waals surface area contributed by atoms with Gasteiger partial charge in [-0.1, -0.05) is 11.3 Å². The molecule has 2 heterocycles. The Hall–Kier alpha value is -1.63. The standard InChI is InChI=1S/C10H15N5OS/c1-7-13-15-6-8(12-10(15)17-7)4-5-11-9(16)14(2)3/h6H,4-5H2,1-3H3,(H,11,16). The van der Waals surface area contributed by atoms with Gasteiger partial charge >= 0.3 is 6.03 Å². The minimum atomic E-state index is -0.0833. The topological polar surface area (TPSA) is 62.5 Å². The maximum absolute atomic E-state index is 11.3. The van der Waals surface area contributed by atoms with E-state index in [1.54, 1.807) is 29.9 Å². The molecule has 2 rings (SSSR count). The van der Waals surface area contributed by atoms with Crippen molar-refractivity contribution in [3.8, 4) is 0 Å². The Morgan fingerprint density at radius 1 is 1.59 bits per heavy atom. The Balaban J connectivity index is 1.91. The van der Waals surface area contributed by atoms with Crippen LogP contribution in [0.5, 0.6) is 0 Å². The highest BCUT2D eigenvalue weighted by atomic mass is 32.1. The molecule has 7 heteroatoms. The van der Waals surface area contributed by atoms with Crippen LogP contribution in [0.25, 0.3) is 4.96 Å². The number of carbonyl (C=O) groups is 1. The predicted octanol–water partition coefficient (Wildman–Crippen LogP) is 0.913. The van der Waals surface area contributed by atoms with Crippen LogP contribution >= 0.6 is 11.3 Å². The molecular formula is C10H15N5OS. The molecule has 0 fully saturated rings. The third-order valence-corrected chi connectivity index (χ3v) is 3.10. The second-order valence-corrected chi connectivity index (χ2v) is 5.12. The highest BCUT2D eigenvalue weighted by Crippen LogP contribution is 2.13. The number of hydrogen-bond donors (Lipinski definition) is 1. The monoisotopic (exact) mass is 253 g/mol. The third-order valence-electron chi connectivity index (χ3n) is 2.26. The first kappa shape index (κ1) is 11.8. The van der Waals surface area contributed by atoms with Crippen molar-refractivity contribution in [1.82, 2.24) is 24.8 Å². The second kappa shape index (κ2) is 4.70. The average molecular weight is 253 g/mol. The minimum absolute atomic E-state index is 0.0833. The molecule has 0 radical (unpaired) electrons. The lowest BCUT2D eigenvalue weighted by Crippen LogP contribution is -2.35. The summed E-state index contributed by atoms with van der Waals surface area (Å²) >= 11 is 1.56. The molecule has 0 bridgehead atoms. The summed E-state index contributed by atoms with van der Waals surface area (Å²) < 4.78 is 1.78. The van der Waals surface area contributed by atoms with E-state index in [1.165, 1.54) is 4.90 Å². The fourth-order valence-corrected chi connectivity index (χ4v) is 2.16. The number of fused-ring (bicyclic) bond motifs is 1. The van der Waals surface area contributed by atoms with Gasteiger partial charge in [0.05, 0.1) is 11.9 Å². The maximum atomic E-state index is 11.3.